The Morgan fingerprint density at radius 3 is 2.39 bits per heavy atom. The fourth-order valence-electron chi connectivity index (χ4n) is 2.60. The monoisotopic (exact) mass is 251 g/mol. The van der Waals surface area contributed by atoms with Crippen molar-refractivity contribution >= 4 is 0 Å². The van der Waals surface area contributed by atoms with Crippen molar-refractivity contribution in [3.8, 4) is 11.5 Å². The molecule has 1 saturated carbocycles. The molecule has 18 heavy (non-hydrogen) atoms. The quantitative estimate of drug-likeness (QED) is 0.838. The highest BCUT2D eigenvalue weighted by Crippen LogP contribution is 2.49. The minimum absolute atomic E-state index is 0.141. The fourth-order valence-corrected chi connectivity index (χ4v) is 2.60. The molecular weight excluding hydrogens is 230 g/mol. The second-order valence-electron chi connectivity index (χ2n) is 4.97. The molecule has 4 nitrogen and oxygen atoms in total. The van der Waals surface area contributed by atoms with Crippen LogP contribution in [0.4, 0.5) is 0 Å². The molecule has 1 fully saturated rings. The normalized spacial score (nSPS) is 18.9. The number of rotatable bonds is 5. The first kappa shape index (κ1) is 13.2. The third-order valence-electron chi connectivity index (χ3n) is 4.09. The standard InChI is InChI=1S/C14H21NO3/c1-17-11-5-4-10(8-12(11)18-2)13(15)14(9-16)6-3-7-14/h4-5,8,13,16H,3,6-7,9,15H2,1-2H3. The maximum atomic E-state index is 9.56. The molecular formula is C14H21NO3. The first-order valence-electron chi connectivity index (χ1n) is 6.25. The molecule has 0 aromatic heterocycles. The molecule has 0 spiro atoms. The van der Waals surface area contributed by atoms with Crippen LogP contribution in [0.5, 0.6) is 11.5 Å². The predicted octanol–water partition coefficient (Wildman–Crippen LogP) is 1.87. The van der Waals surface area contributed by atoms with E-state index >= 15 is 0 Å². The Hall–Kier alpha value is -1.26. The Kier molecular flexibility index (Phi) is 3.78. The van der Waals surface area contributed by atoms with Crippen molar-refractivity contribution in [2.75, 3.05) is 20.8 Å². The van der Waals surface area contributed by atoms with Crippen LogP contribution in [0.3, 0.4) is 0 Å². The molecule has 0 radical (unpaired) electrons. The molecule has 1 aliphatic carbocycles. The molecule has 1 atom stereocenters. The molecule has 1 unspecified atom stereocenters. The van der Waals surface area contributed by atoms with Crippen LogP contribution in [0.2, 0.25) is 0 Å². The van der Waals surface area contributed by atoms with Gasteiger partial charge < -0.3 is 20.3 Å². The summed E-state index contributed by atoms with van der Waals surface area (Å²) in [4.78, 5) is 0. The van der Waals surface area contributed by atoms with Crippen LogP contribution in [0.15, 0.2) is 18.2 Å². The van der Waals surface area contributed by atoms with Gasteiger partial charge in [-0.3, -0.25) is 0 Å². The lowest BCUT2D eigenvalue weighted by atomic mass is 9.63. The van der Waals surface area contributed by atoms with Gasteiger partial charge in [-0.25, -0.2) is 0 Å². The van der Waals surface area contributed by atoms with Gasteiger partial charge in [0.15, 0.2) is 11.5 Å². The van der Waals surface area contributed by atoms with Gasteiger partial charge in [-0.1, -0.05) is 12.5 Å². The summed E-state index contributed by atoms with van der Waals surface area (Å²) in [6.07, 6.45) is 3.11. The van der Waals surface area contributed by atoms with Gasteiger partial charge in [0.05, 0.1) is 20.8 Å². The number of methoxy groups -OCH3 is 2. The third kappa shape index (κ3) is 2.06. The van der Waals surface area contributed by atoms with Crippen LogP contribution >= 0.6 is 0 Å². The van der Waals surface area contributed by atoms with Crippen LogP contribution in [-0.2, 0) is 0 Å². The minimum atomic E-state index is -0.156. The highest BCUT2D eigenvalue weighted by molar-refractivity contribution is 5.44. The minimum Gasteiger partial charge on any atom is -0.493 e. The Balaban J connectivity index is 2.28. The summed E-state index contributed by atoms with van der Waals surface area (Å²) in [6.45, 7) is 0.141. The van der Waals surface area contributed by atoms with E-state index in [2.05, 4.69) is 0 Å². The molecule has 0 bridgehead atoms. The predicted molar refractivity (Wildman–Crippen MR) is 69.8 cm³/mol. The number of hydrogen-bond donors (Lipinski definition) is 2. The largest absolute Gasteiger partial charge is 0.493 e. The molecule has 3 N–H and O–H groups in total. The van der Waals surface area contributed by atoms with E-state index in [9.17, 15) is 5.11 Å². The van der Waals surface area contributed by atoms with Crippen LogP contribution in [0.25, 0.3) is 0 Å². The van der Waals surface area contributed by atoms with Crippen LogP contribution in [0.1, 0.15) is 30.9 Å². The zero-order chi connectivity index (χ0) is 13.2. The van der Waals surface area contributed by atoms with Crippen LogP contribution in [-0.4, -0.2) is 25.9 Å². The summed E-state index contributed by atoms with van der Waals surface area (Å²) in [7, 11) is 3.22. The summed E-state index contributed by atoms with van der Waals surface area (Å²) in [5.41, 5.74) is 7.14. The van der Waals surface area contributed by atoms with E-state index in [1.807, 2.05) is 18.2 Å². The number of aliphatic hydroxyl groups is 1. The van der Waals surface area contributed by atoms with Crippen molar-refractivity contribution in [1.29, 1.82) is 0 Å². The lowest BCUT2D eigenvalue weighted by Gasteiger charge is -2.45. The molecule has 0 amide bonds. The number of benzene rings is 1. The second-order valence-corrected chi connectivity index (χ2v) is 4.97. The molecule has 4 heteroatoms. The van der Waals surface area contributed by atoms with Crippen LogP contribution < -0.4 is 15.2 Å². The van der Waals surface area contributed by atoms with Crippen molar-refractivity contribution in [3.63, 3.8) is 0 Å². The number of hydrogen-bond acceptors (Lipinski definition) is 4. The van der Waals surface area contributed by atoms with E-state index in [1.54, 1.807) is 14.2 Å². The van der Waals surface area contributed by atoms with Crippen molar-refractivity contribution < 1.29 is 14.6 Å². The number of aliphatic hydroxyl groups excluding tert-OH is 1. The molecule has 1 aliphatic rings. The highest BCUT2D eigenvalue weighted by atomic mass is 16.5. The van der Waals surface area contributed by atoms with Gasteiger partial charge in [0.1, 0.15) is 0 Å². The van der Waals surface area contributed by atoms with Gasteiger partial charge in [-0.2, -0.15) is 0 Å². The van der Waals surface area contributed by atoms with Gasteiger partial charge in [-0.05, 0) is 30.5 Å². The highest BCUT2D eigenvalue weighted by Gasteiger charge is 2.42. The van der Waals surface area contributed by atoms with E-state index in [0.717, 1.165) is 24.8 Å². The smallest absolute Gasteiger partial charge is 0.161 e. The second kappa shape index (κ2) is 5.16. The van der Waals surface area contributed by atoms with Gasteiger partial charge in [-0.15, -0.1) is 0 Å². The SMILES string of the molecule is COc1ccc(C(N)C2(CO)CCC2)cc1OC. The maximum absolute atomic E-state index is 9.56. The van der Waals surface area contributed by atoms with Gasteiger partial charge in [0.25, 0.3) is 0 Å². The van der Waals surface area contributed by atoms with E-state index in [-0.39, 0.29) is 18.1 Å². The maximum Gasteiger partial charge on any atom is 0.161 e. The summed E-state index contributed by atoms with van der Waals surface area (Å²) < 4.78 is 10.5. The molecule has 1 aromatic rings. The average molecular weight is 251 g/mol. The van der Waals surface area contributed by atoms with E-state index in [1.165, 1.54) is 0 Å². The fraction of sp³-hybridized carbons (Fsp3) is 0.571. The first-order chi connectivity index (χ1) is 8.66. The molecule has 100 valence electrons. The Labute approximate surface area is 108 Å². The summed E-state index contributed by atoms with van der Waals surface area (Å²) >= 11 is 0. The van der Waals surface area contributed by atoms with Crippen molar-refractivity contribution in [1.82, 2.24) is 0 Å². The molecule has 0 aliphatic heterocycles. The summed E-state index contributed by atoms with van der Waals surface area (Å²) in [5, 5.41) is 9.56. The van der Waals surface area contributed by atoms with Gasteiger partial charge in [0, 0.05) is 11.5 Å². The van der Waals surface area contributed by atoms with Crippen LogP contribution in [0, 0.1) is 5.41 Å². The van der Waals surface area contributed by atoms with Crippen molar-refractivity contribution in [2.24, 2.45) is 11.1 Å². The molecule has 2 rings (SSSR count). The number of nitrogens with two attached hydrogens (primary N) is 1. The van der Waals surface area contributed by atoms with Crippen molar-refractivity contribution in [3.05, 3.63) is 23.8 Å². The van der Waals surface area contributed by atoms with E-state index in [4.69, 9.17) is 15.2 Å². The topological polar surface area (TPSA) is 64.7 Å². The summed E-state index contributed by atoms with van der Waals surface area (Å²) in [5.74, 6) is 1.37. The lowest BCUT2D eigenvalue weighted by molar-refractivity contribution is 0.0183. The summed E-state index contributed by atoms with van der Waals surface area (Å²) in [6, 6.07) is 5.55. The third-order valence-corrected chi connectivity index (χ3v) is 4.09. The number of ether oxygens (including phenoxy) is 2. The van der Waals surface area contributed by atoms with E-state index in [0.29, 0.717) is 11.5 Å². The molecule has 0 heterocycles. The van der Waals surface area contributed by atoms with Gasteiger partial charge >= 0.3 is 0 Å². The van der Waals surface area contributed by atoms with E-state index < -0.39 is 0 Å². The molecule has 1 aromatic carbocycles. The molecule has 0 saturated heterocycles. The van der Waals surface area contributed by atoms with Crippen molar-refractivity contribution in [2.45, 2.75) is 25.3 Å². The zero-order valence-electron chi connectivity index (χ0n) is 11.0. The Morgan fingerprint density at radius 1 is 1.28 bits per heavy atom. The Bertz CT molecular complexity index is 410. The Morgan fingerprint density at radius 2 is 1.94 bits per heavy atom. The lowest BCUT2D eigenvalue weighted by Crippen LogP contribution is -2.43. The zero-order valence-corrected chi connectivity index (χ0v) is 11.0. The first-order valence-corrected chi connectivity index (χ1v) is 6.25. The van der Waals surface area contributed by atoms with Gasteiger partial charge in [0.2, 0.25) is 0 Å². The average Bonchev–Trinajstić information content (AvgIpc) is 2.37.